The van der Waals surface area contributed by atoms with Crippen LogP contribution in [0.4, 0.5) is 10.5 Å². The van der Waals surface area contributed by atoms with Crippen LogP contribution in [0.25, 0.3) is 10.8 Å². The Labute approximate surface area is 148 Å². The molecule has 25 heavy (non-hydrogen) atoms. The van der Waals surface area contributed by atoms with Gasteiger partial charge in [-0.25, -0.2) is 4.79 Å². The van der Waals surface area contributed by atoms with E-state index in [9.17, 15) is 4.79 Å². The number of amides is 1. The highest BCUT2D eigenvalue weighted by atomic mass is 16.6. The van der Waals surface area contributed by atoms with Gasteiger partial charge >= 0.3 is 6.09 Å². The Hall–Kier alpha value is -2.81. The molecule has 1 N–H and O–H groups in total. The number of fused-ring (bicyclic) bond motifs is 1. The van der Waals surface area contributed by atoms with Gasteiger partial charge in [-0.05, 0) is 23.9 Å². The highest BCUT2D eigenvalue weighted by molar-refractivity contribution is 6.00. The summed E-state index contributed by atoms with van der Waals surface area (Å²) in [5.74, 6) is 0. The second-order valence-corrected chi connectivity index (χ2v) is 6.79. The molecule has 0 aliphatic rings. The molecule has 3 nitrogen and oxygen atoms in total. The lowest BCUT2D eigenvalue weighted by molar-refractivity contribution is 0.0783. The van der Waals surface area contributed by atoms with Crippen LogP contribution >= 0.6 is 0 Å². The topological polar surface area (TPSA) is 38.3 Å². The van der Waals surface area contributed by atoms with Crippen LogP contribution in [0.1, 0.15) is 26.3 Å². The predicted octanol–water partition coefficient (Wildman–Crippen LogP) is 5.75. The molecule has 128 valence electrons. The van der Waals surface area contributed by atoms with Crippen LogP contribution in [0.2, 0.25) is 0 Å². The molecule has 0 aromatic heterocycles. The van der Waals surface area contributed by atoms with Crippen molar-refractivity contribution in [1.82, 2.24) is 0 Å². The normalized spacial score (nSPS) is 12.6. The summed E-state index contributed by atoms with van der Waals surface area (Å²) < 4.78 is 5.67. The molecule has 0 saturated carbocycles. The lowest BCUT2D eigenvalue weighted by Gasteiger charge is -2.31. The SMILES string of the molecule is CC(OC(=O)Nc1cccc2ccccc12)C(C)(C)c1ccccc1. The second kappa shape index (κ2) is 6.98. The molecule has 0 saturated heterocycles. The zero-order valence-electron chi connectivity index (χ0n) is 14.8. The van der Waals surface area contributed by atoms with Crippen LogP contribution in [0, 0.1) is 0 Å². The minimum Gasteiger partial charge on any atom is -0.445 e. The smallest absolute Gasteiger partial charge is 0.411 e. The number of anilines is 1. The molecule has 3 heteroatoms. The third-order valence-corrected chi connectivity index (χ3v) is 4.84. The van der Waals surface area contributed by atoms with Gasteiger partial charge in [-0.3, -0.25) is 5.32 Å². The van der Waals surface area contributed by atoms with E-state index in [0.29, 0.717) is 0 Å². The highest BCUT2D eigenvalue weighted by Crippen LogP contribution is 2.29. The predicted molar refractivity (Wildman–Crippen MR) is 103 cm³/mol. The minimum absolute atomic E-state index is 0.273. The molecule has 0 heterocycles. The van der Waals surface area contributed by atoms with Crippen LogP contribution in [0.15, 0.2) is 72.8 Å². The maximum absolute atomic E-state index is 12.4. The molecule has 0 fully saturated rings. The van der Waals surface area contributed by atoms with Crippen LogP contribution < -0.4 is 5.32 Å². The van der Waals surface area contributed by atoms with Crippen LogP contribution in [0.5, 0.6) is 0 Å². The van der Waals surface area contributed by atoms with Crippen molar-refractivity contribution in [3.05, 3.63) is 78.4 Å². The van der Waals surface area contributed by atoms with E-state index in [0.717, 1.165) is 22.0 Å². The molecular formula is C22H23NO2. The number of benzene rings is 3. The fraction of sp³-hybridized carbons (Fsp3) is 0.227. The monoisotopic (exact) mass is 333 g/mol. The van der Waals surface area contributed by atoms with Crippen molar-refractivity contribution in [2.24, 2.45) is 0 Å². The first-order chi connectivity index (χ1) is 12.0. The number of carbonyl (C=O) groups excluding carboxylic acids is 1. The molecule has 0 radical (unpaired) electrons. The van der Waals surface area contributed by atoms with Crippen molar-refractivity contribution in [3.8, 4) is 0 Å². The zero-order valence-corrected chi connectivity index (χ0v) is 14.8. The summed E-state index contributed by atoms with van der Waals surface area (Å²) in [5.41, 5.74) is 1.62. The Kier molecular flexibility index (Phi) is 4.75. The lowest BCUT2D eigenvalue weighted by atomic mass is 9.80. The molecule has 0 bridgehead atoms. The van der Waals surface area contributed by atoms with Crippen LogP contribution in [-0.2, 0) is 10.2 Å². The number of rotatable bonds is 4. The molecule has 1 amide bonds. The number of hydrogen-bond acceptors (Lipinski definition) is 2. The van der Waals surface area contributed by atoms with Gasteiger partial charge in [0.15, 0.2) is 0 Å². The fourth-order valence-electron chi connectivity index (χ4n) is 2.88. The zero-order chi connectivity index (χ0) is 17.9. The molecule has 3 aromatic rings. The average Bonchev–Trinajstić information content (AvgIpc) is 2.62. The van der Waals surface area contributed by atoms with Crippen LogP contribution in [-0.4, -0.2) is 12.2 Å². The van der Waals surface area contributed by atoms with Crippen LogP contribution in [0.3, 0.4) is 0 Å². The molecule has 3 aromatic carbocycles. The van der Waals surface area contributed by atoms with E-state index in [-0.39, 0.29) is 11.5 Å². The molecule has 0 spiro atoms. The van der Waals surface area contributed by atoms with E-state index in [4.69, 9.17) is 4.74 Å². The molecular weight excluding hydrogens is 310 g/mol. The first-order valence-corrected chi connectivity index (χ1v) is 8.49. The molecule has 3 rings (SSSR count). The summed E-state index contributed by atoms with van der Waals surface area (Å²) >= 11 is 0. The Morgan fingerprint density at radius 1 is 0.920 bits per heavy atom. The standard InChI is InChI=1S/C22H23NO2/c1-16(22(2,3)18-12-5-4-6-13-18)25-21(24)23-20-15-9-11-17-10-7-8-14-19(17)20/h4-16H,1-3H3,(H,23,24). The third kappa shape index (κ3) is 3.66. The first-order valence-electron chi connectivity index (χ1n) is 8.49. The number of hydrogen-bond donors (Lipinski definition) is 1. The summed E-state index contributed by atoms with van der Waals surface area (Å²) in [4.78, 5) is 12.4. The van der Waals surface area contributed by atoms with Crippen molar-refractivity contribution in [2.45, 2.75) is 32.3 Å². The number of nitrogens with one attached hydrogen (secondary N) is 1. The number of ether oxygens (including phenoxy) is 1. The van der Waals surface area contributed by atoms with E-state index in [1.165, 1.54) is 0 Å². The lowest BCUT2D eigenvalue weighted by Crippen LogP contribution is -2.36. The van der Waals surface area contributed by atoms with Crippen molar-refractivity contribution in [1.29, 1.82) is 0 Å². The highest BCUT2D eigenvalue weighted by Gasteiger charge is 2.30. The van der Waals surface area contributed by atoms with Crippen molar-refractivity contribution in [3.63, 3.8) is 0 Å². The van der Waals surface area contributed by atoms with E-state index in [1.807, 2.05) is 67.6 Å². The molecule has 0 aliphatic heterocycles. The molecule has 0 aliphatic carbocycles. The van der Waals surface area contributed by atoms with E-state index >= 15 is 0 Å². The fourth-order valence-corrected chi connectivity index (χ4v) is 2.88. The van der Waals surface area contributed by atoms with Gasteiger partial charge in [0.2, 0.25) is 0 Å². The van der Waals surface area contributed by atoms with E-state index in [1.54, 1.807) is 0 Å². The van der Waals surface area contributed by atoms with Gasteiger partial charge < -0.3 is 4.74 Å². The summed E-state index contributed by atoms with van der Waals surface area (Å²) in [6.07, 6.45) is -0.710. The van der Waals surface area contributed by atoms with Gasteiger partial charge in [-0.1, -0.05) is 80.6 Å². The minimum atomic E-state index is -0.437. The van der Waals surface area contributed by atoms with Crippen molar-refractivity contribution >= 4 is 22.6 Å². The Morgan fingerprint density at radius 2 is 1.56 bits per heavy atom. The maximum Gasteiger partial charge on any atom is 0.411 e. The summed E-state index contributed by atoms with van der Waals surface area (Å²) in [7, 11) is 0. The molecule has 1 unspecified atom stereocenters. The largest absolute Gasteiger partial charge is 0.445 e. The quantitative estimate of drug-likeness (QED) is 0.659. The Bertz CT molecular complexity index is 866. The second-order valence-electron chi connectivity index (χ2n) is 6.79. The van der Waals surface area contributed by atoms with Gasteiger partial charge in [0.25, 0.3) is 0 Å². The third-order valence-electron chi connectivity index (χ3n) is 4.84. The first kappa shape index (κ1) is 17.0. The van der Waals surface area contributed by atoms with E-state index < -0.39 is 6.09 Å². The van der Waals surface area contributed by atoms with Gasteiger partial charge in [0.05, 0.1) is 5.69 Å². The average molecular weight is 333 g/mol. The van der Waals surface area contributed by atoms with Gasteiger partial charge in [0, 0.05) is 10.8 Å². The Balaban J connectivity index is 1.74. The van der Waals surface area contributed by atoms with Crippen molar-refractivity contribution in [2.75, 3.05) is 5.32 Å². The van der Waals surface area contributed by atoms with Gasteiger partial charge in [-0.2, -0.15) is 0 Å². The summed E-state index contributed by atoms with van der Waals surface area (Å²) in [5, 5.41) is 4.96. The summed E-state index contributed by atoms with van der Waals surface area (Å²) in [6.45, 7) is 6.09. The van der Waals surface area contributed by atoms with Crippen molar-refractivity contribution < 1.29 is 9.53 Å². The molecule has 1 atom stereocenters. The Morgan fingerprint density at radius 3 is 2.32 bits per heavy atom. The summed E-state index contributed by atoms with van der Waals surface area (Å²) in [6, 6.07) is 23.9. The van der Waals surface area contributed by atoms with Gasteiger partial charge in [0.1, 0.15) is 6.10 Å². The number of carbonyl (C=O) groups is 1. The van der Waals surface area contributed by atoms with E-state index in [2.05, 4.69) is 31.3 Å². The maximum atomic E-state index is 12.4. The van der Waals surface area contributed by atoms with Gasteiger partial charge in [-0.15, -0.1) is 0 Å².